The van der Waals surface area contributed by atoms with Crippen molar-refractivity contribution >= 4 is 22.4 Å². The molecular formula is C21H27N3O2. The van der Waals surface area contributed by atoms with E-state index in [2.05, 4.69) is 40.9 Å². The molecule has 2 aliphatic rings. The van der Waals surface area contributed by atoms with Crippen molar-refractivity contribution in [3.05, 3.63) is 36.0 Å². The quantitative estimate of drug-likeness (QED) is 0.848. The number of fused-ring (bicyclic) bond motifs is 2. The third kappa shape index (κ3) is 2.45. The SMILES string of the molecule is CCN(CC)C(=O)C1C=C2c3ccc(OC)c4ccn(c34)CC2N(C)C1. The zero-order chi connectivity index (χ0) is 18.4. The predicted octanol–water partition coefficient (Wildman–Crippen LogP) is 2.85. The number of ether oxygens (including phenoxy) is 1. The van der Waals surface area contributed by atoms with Crippen LogP contribution in [0.25, 0.3) is 16.5 Å². The van der Waals surface area contributed by atoms with E-state index in [4.69, 9.17) is 4.74 Å². The second kappa shape index (κ2) is 6.47. The molecule has 2 aromatic rings. The molecule has 0 saturated heterocycles. The summed E-state index contributed by atoms with van der Waals surface area (Å²) in [7, 11) is 3.85. The van der Waals surface area contributed by atoms with E-state index in [9.17, 15) is 4.79 Å². The Labute approximate surface area is 154 Å². The average molecular weight is 353 g/mol. The minimum absolute atomic E-state index is 0.0789. The number of hydrogen-bond donors (Lipinski definition) is 0. The Hall–Kier alpha value is -2.27. The summed E-state index contributed by atoms with van der Waals surface area (Å²) in [5.74, 6) is 1.06. The molecule has 4 rings (SSSR count). The summed E-state index contributed by atoms with van der Waals surface area (Å²) in [5.41, 5.74) is 3.73. The maximum absolute atomic E-state index is 12.9. The van der Waals surface area contributed by atoms with Gasteiger partial charge < -0.3 is 14.2 Å². The number of nitrogens with zero attached hydrogens (tertiary/aromatic N) is 3. The molecule has 138 valence electrons. The Bertz CT molecular complexity index is 879. The molecule has 1 aromatic heterocycles. The highest BCUT2D eigenvalue weighted by molar-refractivity contribution is 5.99. The summed E-state index contributed by atoms with van der Waals surface area (Å²) in [6, 6.07) is 6.63. The highest BCUT2D eigenvalue weighted by Gasteiger charge is 2.36. The van der Waals surface area contributed by atoms with Crippen molar-refractivity contribution in [2.24, 2.45) is 5.92 Å². The molecule has 0 fully saturated rings. The summed E-state index contributed by atoms with van der Waals surface area (Å²) in [5, 5.41) is 1.14. The zero-order valence-corrected chi connectivity index (χ0v) is 16.0. The first-order chi connectivity index (χ1) is 12.6. The van der Waals surface area contributed by atoms with Gasteiger partial charge in [0.25, 0.3) is 0 Å². The highest BCUT2D eigenvalue weighted by Crippen LogP contribution is 2.41. The molecule has 0 bridgehead atoms. The number of methoxy groups -OCH3 is 1. The molecule has 2 unspecified atom stereocenters. The minimum atomic E-state index is -0.0789. The van der Waals surface area contributed by atoms with Crippen molar-refractivity contribution in [3.8, 4) is 5.75 Å². The highest BCUT2D eigenvalue weighted by atomic mass is 16.5. The van der Waals surface area contributed by atoms with E-state index in [0.29, 0.717) is 6.04 Å². The molecule has 1 amide bonds. The fraction of sp³-hybridized carbons (Fsp3) is 0.476. The van der Waals surface area contributed by atoms with Crippen LogP contribution in [0.1, 0.15) is 19.4 Å². The second-order valence-corrected chi connectivity index (χ2v) is 7.24. The molecule has 0 saturated carbocycles. The first kappa shape index (κ1) is 17.2. The number of amides is 1. The van der Waals surface area contributed by atoms with Gasteiger partial charge in [0.1, 0.15) is 5.75 Å². The number of likely N-dealkylation sites (N-methyl/N-ethyl adjacent to an activating group) is 1. The summed E-state index contributed by atoms with van der Waals surface area (Å²) in [6.07, 6.45) is 4.37. The van der Waals surface area contributed by atoms with Crippen LogP contribution in [0, 0.1) is 5.92 Å². The maximum Gasteiger partial charge on any atom is 0.230 e. The average Bonchev–Trinajstić information content (AvgIpc) is 3.08. The zero-order valence-electron chi connectivity index (χ0n) is 16.0. The van der Waals surface area contributed by atoms with Gasteiger partial charge in [-0.3, -0.25) is 9.69 Å². The van der Waals surface area contributed by atoms with Crippen LogP contribution in [-0.2, 0) is 11.3 Å². The molecule has 5 heteroatoms. The number of carbonyl (C=O) groups excluding carboxylic acids is 1. The van der Waals surface area contributed by atoms with Crippen molar-refractivity contribution in [2.75, 3.05) is 33.8 Å². The van der Waals surface area contributed by atoms with Gasteiger partial charge in [-0.2, -0.15) is 0 Å². The number of benzene rings is 1. The fourth-order valence-corrected chi connectivity index (χ4v) is 4.53. The van der Waals surface area contributed by atoms with Gasteiger partial charge in [-0.25, -0.2) is 0 Å². The van der Waals surface area contributed by atoms with E-state index in [1.54, 1.807) is 7.11 Å². The van der Waals surface area contributed by atoms with Crippen LogP contribution in [0.15, 0.2) is 30.5 Å². The molecule has 26 heavy (non-hydrogen) atoms. The Kier molecular flexibility index (Phi) is 4.27. The molecular weight excluding hydrogens is 326 g/mol. The Morgan fingerprint density at radius 3 is 2.69 bits per heavy atom. The lowest BCUT2D eigenvalue weighted by Gasteiger charge is -2.41. The van der Waals surface area contributed by atoms with E-state index in [1.807, 2.05) is 24.8 Å². The number of aromatic nitrogens is 1. The first-order valence-electron chi connectivity index (χ1n) is 9.45. The molecule has 2 atom stereocenters. The lowest BCUT2D eigenvalue weighted by molar-refractivity contribution is -0.134. The van der Waals surface area contributed by atoms with Crippen molar-refractivity contribution in [1.82, 2.24) is 14.4 Å². The largest absolute Gasteiger partial charge is 0.496 e. The molecule has 5 nitrogen and oxygen atoms in total. The van der Waals surface area contributed by atoms with Crippen LogP contribution in [0.2, 0.25) is 0 Å². The monoisotopic (exact) mass is 353 g/mol. The summed E-state index contributed by atoms with van der Waals surface area (Å²) in [4.78, 5) is 17.2. The van der Waals surface area contributed by atoms with Crippen LogP contribution in [0.3, 0.4) is 0 Å². The molecule has 2 aliphatic heterocycles. The van der Waals surface area contributed by atoms with E-state index >= 15 is 0 Å². The molecule has 3 heterocycles. The Morgan fingerprint density at radius 2 is 2.00 bits per heavy atom. The fourth-order valence-electron chi connectivity index (χ4n) is 4.53. The molecule has 0 spiro atoms. The van der Waals surface area contributed by atoms with Gasteiger partial charge in [0.15, 0.2) is 0 Å². The number of hydrogen-bond acceptors (Lipinski definition) is 3. The minimum Gasteiger partial charge on any atom is -0.496 e. The van der Waals surface area contributed by atoms with Gasteiger partial charge in [-0.1, -0.05) is 6.08 Å². The summed E-state index contributed by atoms with van der Waals surface area (Å²) in [6.45, 7) is 7.31. The number of carbonyl (C=O) groups is 1. The van der Waals surface area contributed by atoms with E-state index < -0.39 is 0 Å². The van der Waals surface area contributed by atoms with Gasteiger partial charge in [-0.05, 0) is 44.7 Å². The predicted molar refractivity (Wildman–Crippen MR) is 104 cm³/mol. The Morgan fingerprint density at radius 1 is 1.23 bits per heavy atom. The van der Waals surface area contributed by atoms with E-state index in [1.165, 1.54) is 16.7 Å². The normalized spacial score (nSPS) is 22.1. The molecule has 0 aliphatic carbocycles. The van der Waals surface area contributed by atoms with Crippen molar-refractivity contribution in [3.63, 3.8) is 0 Å². The topological polar surface area (TPSA) is 37.7 Å². The van der Waals surface area contributed by atoms with Crippen molar-refractivity contribution < 1.29 is 9.53 Å². The molecule has 1 aromatic carbocycles. The van der Waals surface area contributed by atoms with Crippen LogP contribution >= 0.6 is 0 Å². The lowest BCUT2D eigenvalue weighted by atomic mass is 9.85. The van der Waals surface area contributed by atoms with Gasteiger partial charge >= 0.3 is 0 Å². The second-order valence-electron chi connectivity index (χ2n) is 7.24. The smallest absolute Gasteiger partial charge is 0.230 e. The molecule has 0 radical (unpaired) electrons. The summed E-state index contributed by atoms with van der Waals surface area (Å²) >= 11 is 0. The standard InChI is InChI=1S/C21H27N3O2/c1-5-23(6-2)21(25)14-11-17-15-7-8-19(26-4)16-9-10-24(20(15)16)13-18(17)22(3)12-14/h7-11,14,18H,5-6,12-13H2,1-4H3. The van der Waals surface area contributed by atoms with Gasteiger partial charge in [0.2, 0.25) is 5.91 Å². The number of rotatable bonds is 4. The first-order valence-corrected chi connectivity index (χ1v) is 9.45. The van der Waals surface area contributed by atoms with E-state index in [-0.39, 0.29) is 11.8 Å². The van der Waals surface area contributed by atoms with Crippen LogP contribution in [0.4, 0.5) is 0 Å². The Balaban J connectivity index is 1.82. The lowest BCUT2D eigenvalue weighted by Crippen LogP contribution is -2.48. The summed E-state index contributed by atoms with van der Waals surface area (Å²) < 4.78 is 7.86. The van der Waals surface area contributed by atoms with Crippen LogP contribution in [0.5, 0.6) is 5.75 Å². The third-order valence-electron chi connectivity index (χ3n) is 5.93. The van der Waals surface area contributed by atoms with Crippen LogP contribution < -0.4 is 4.74 Å². The third-order valence-corrected chi connectivity index (χ3v) is 5.93. The van der Waals surface area contributed by atoms with Gasteiger partial charge in [0, 0.05) is 43.3 Å². The van der Waals surface area contributed by atoms with Crippen molar-refractivity contribution in [2.45, 2.75) is 26.4 Å². The van der Waals surface area contributed by atoms with Crippen molar-refractivity contribution in [1.29, 1.82) is 0 Å². The molecule has 0 N–H and O–H groups in total. The van der Waals surface area contributed by atoms with E-state index in [0.717, 1.165) is 37.3 Å². The van der Waals surface area contributed by atoms with Gasteiger partial charge in [0.05, 0.1) is 24.6 Å². The van der Waals surface area contributed by atoms with Crippen LogP contribution in [-0.4, -0.2) is 60.1 Å². The maximum atomic E-state index is 12.9. The van der Waals surface area contributed by atoms with Gasteiger partial charge in [-0.15, -0.1) is 0 Å².